The first kappa shape index (κ1) is 26.0. The standard InChI is InChI=1S/C23H34N2O6S/c1-23(2,3)31-22(28)25-17(14-16-10-6-5-7-11-16)20(26)24-18(21(27)29-4)15-32-19-12-8-9-13-30-19/h5-7,10-11,17-19H,8-9,12-15H2,1-4H3,(H,24,26)(H,25,28). The molecule has 2 amide bonds. The Kier molecular flexibility index (Phi) is 10.3. The molecule has 1 aromatic rings. The highest BCUT2D eigenvalue weighted by Crippen LogP contribution is 2.24. The maximum Gasteiger partial charge on any atom is 0.408 e. The molecule has 0 aliphatic carbocycles. The number of benzene rings is 1. The van der Waals surface area contributed by atoms with Gasteiger partial charge < -0.3 is 24.8 Å². The Morgan fingerprint density at radius 2 is 1.84 bits per heavy atom. The SMILES string of the molecule is COC(=O)C(CSC1CCCCO1)NC(=O)C(Cc1ccccc1)NC(=O)OC(C)(C)C. The van der Waals surface area contributed by atoms with Crippen LogP contribution < -0.4 is 10.6 Å². The molecule has 9 heteroatoms. The molecular formula is C23H34N2O6S. The molecule has 1 heterocycles. The zero-order valence-corrected chi connectivity index (χ0v) is 20.0. The van der Waals surface area contributed by atoms with Gasteiger partial charge in [0, 0.05) is 18.8 Å². The minimum atomic E-state index is -0.921. The summed E-state index contributed by atoms with van der Waals surface area (Å²) in [5.74, 6) is -0.717. The zero-order valence-electron chi connectivity index (χ0n) is 19.2. The van der Waals surface area contributed by atoms with Crippen molar-refractivity contribution in [3.8, 4) is 0 Å². The Labute approximate surface area is 194 Å². The molecule has 0 bridgehead atoms. The van der Waals surface area contributed by atoms with Gasteiger partial charge in [0.25, 0.3) is 0 Å². The topological polar surface area (TPSA) is 103 Å². The lowest BCUT2D eigenvalue weighted by atomic mass is 10.1. The highest BCUT2D eigenvalue weighted by Gasteiger charge is 2.30. The molecule has 1 aliphatic heterocycles. The lowest BCUT2D eigenvalue weighted by molar-refractivity contribution is -0.144. The first-order valence-electron chi connectivity index (χ1n) is 10.8. The highest BCUT2D eigenvalue weighted by atomic mass is 32.2. The number of carbonyl (C=O) groups is 3. The van der Waals surface area contributed by atoms with Crippen LogP contribution in [0.2, 0.25) is 0 Å². The number of rotatable bonds is 9. The third-order valence-electron chi connectivity index (χ3n) is 4.68. The molecule has 3 atom stereocenters. The summed E-state index contributed by atoms with van der Waals surface area (Å²) in [6, 6.07) is 7.54. The summed E-state index contributed by atoms with van der Waals surface area (Å²) < 4.78 is 15.9. The molecule has 2 rings (SSSR count). The fraction of sp³-hybridized carbons (Fsp3) is 0.609. The molecule has 3 unspecified atom stereocenters. The van der Waals surface area contributed by atoms with Gasteiger partial charge in [-0.1, -0.05) is 30.3 Å². The van der Waals surface area contributed by atoms with Crippen LogP contribution >= 0.6 is 11.8 Å². The number of thioether (sulfide) groups is 1. The van der Waals surface area contributed by atoms with E-state index in [2.05, 4.69) is 10.6 Å². The Balaban J connectivity index is 2.07. The van der Waals surface area contributed by atoms with Crippen molar-refractivity contribution in [1.29, 1.82) is 0 Å². The van der Waals surface area contributed by atoms with E-state index in [9.17, 15) is 14.4 Å². The molecule has 0 saturated carbocycles. The van der Waals surface area contributed by atoms with Crippen molar-refractivity contribution >= 4 is 29.7 Å². The average Bonchev–Trinajstić information content (AvgIpc) is 2.75. The third-order valence-corrected chi connectivity index (χ3v) is 5.95. The van der Waals surface area contributed by atoms with Crippen LogP contribution in [0.25, 0.3) is 0 Å². The van der Waals surface area contributed by atoms with Gasteiger partial charge in [-0.05, 0) is 45.6 Å². The van der Waals surface area contributed by atoms with E-state index in [4.69, 9.17) is 14.2 Å². The van der Waals surface area contributed by atoms with E-state index in [0.29, 0.717) is 12.4 Å². The number of ether oxygens (including phenoxy) is 3. The Morgan fingerprint density at radius 1 is 1.12 bits per heavy atom. The quantitative estimate of drug-likeness (QED) is 0.539. The van der Waals surface area contributed by atoms with Gasteiger partial charge in [-0.15, -0.1) is 11.8 Å². The van der Waals surface area contributed by atoms with E-state index in [1.54, 1.807) is 20.8 Å². The molecule has 8 nitrogen and oxygen atoms in total. The highest BCUT2D eigenvalue weighted by molar-refractivity contribution is 7.99. The van der Waals surface area contributed by atoms with Crippen LogP contribution in [0, 0.1) is 0 Å². The van der Waals surface area contributed by atoms with E-state index in [1.807, 2.05) is 30.3 Å². The Morgan fingerprint density at radius 3 is 2.44 bits per heavy atom. The van der Waals surface area contributed by atoms with Crippen molar-refractivity contribution in [1.82, 2.24) is 10.6 Å². The van der Waals surface area contributed by atoms with Gasteiger partial charge in [0.15, 0.2) is 0 Å². The Hall–Kier alpha value is -2.26. The van der Waals surface area contributed by atoms with Crippen LogP contribution in [0.5, 0.6) is 0 Å². The van der Waals surface area contributed by atoms with Gasteiger partial charge in [0.1, 0.15) is 23.1 Å². The molecule has 1 aromatic carbocycles. The van der Waals surface area contributed by atoms with Crippen LogP contribution in [-0.2, 0) is 30.2 Å². The summed E-state index contributed by atoms with van der Waals surface area (Å²) >= 11 is 1.48. The lowest BCUT2D eigenvalue weighted by Crippen LogP contribution is -2.54. The van der Waals surface area contributed by atoms with Crippen LogP contribution in [-0.4, -0.2) is 60.6 Å². The van der Waals surface area contributed by atoms with Crippen molar-refractivity contribution < 1.29 is 28.6 Å². The number of esters is 1. The van der Waals surface area contributed by atoms with Gasteiger partial charge in [0.2, 0.25) is 5.91 Å². The van der Waals surface area contributed by atoms with Crippen molar-refractivity contribution in [2.75, 3.05) is 19.5 Å². The van der Waals surface area contributed by atoms with E-state index in [-0.39, 0.29) is 11.9 Å². The summed E-state index contributed by atoms with van der Waals surface area (Å²) in [4.78, 5) is 37.8. The Bertz CT molecular complexity index is 747. The second kappa shape index (κ2) is 12.7. The van der Waals surface area contributed by atoms with Crippen LogP contribution in [0.3, 0.4) is 0 Å². The third kappa shape index (κ3) is 9.48. The summed E-state index contributed by atoms with van der Waals surface area (Å²) in [5, 5.41) is 5.37. The number of amides is 2. The second-order valence-corrected chi connectivity index (χ2v) is 9.79. The number of methoxy groups -OCH3 is 1. The molecule has 0 aromatic heterocycles. The van der Waals surface area contributed by atoms with Crippen molar-refractivity contribution in [2.45, 2.75) is 69.6 Å². The first-order chi connectivity index (χ1) is 15.2. The van der Waals surface area contributed by atoms with Gasteiger partial charge in [-0.3, -0.25) is 4.79 Å². The molecule has 0 radical (unpaired) electrons. The number of carbonyl (C=O) groups excluding carboxylic acids is 3. The van der Waals surface area contributed by atoms with Crippen LogP contribution in [0.1, 0.15) is 45.6 Å². The van der Waals surface area contributed by atoms with Gasteiger partial charge in [-0.25, -0.2) is 9.59 Å². The largest absolute Gasteiger partial charge is 0.467 e. The molecule has 0 spiro atoms. The summed E-state index contributed by atoms with van der Waals surface area (Å²) in [6.07, 6.45) is 2.56. The fourth-order valence-electron chi connectivity index (χ4n) is 3.14. The first-order valence-corrected chi connectivity index (χ1v) is 11.9. The van der Waals surface area contributed by atoms with Crippen LogP contribution in [0.15, 0.2) is 30.3 Å². The minimum Gasteiger partial charge on any atom is -0.467 e. The van der Waals surface area contributed by atoms with E-state index in [0.717, 1.165) is 24.8 Å². The fourth-order valence-corrected chi connectivity index (χ4v) is 4.29. The van der Waals surface area contributed by atoms with Crippen LogP contribution in [0.4, 0.5) is 4.79 Å². The molecule has 1 aliphatic rings. The van der Waals surface area contributed by atoms with Crippen molar-refractivity contribution in [2.24, 2.45) is 0 Å². The smallest absolute Gasteiger partial charge is 0.408 e. The monoisotopic (exact) mass is 466 g/mol. The molecular weight excluding hydrogens is 432 g/mol. The van der Waals surface area contributed by atoms with Gasteiger partial charge in [-0.2, -0.15) is 0 Å². The van der Waals surface area contributed by atoms with E-state index >= 15 is 0 Å². The maximum absolute atomic E-state index is 13.1. The number of nitrogens with one attached hydrogen (secondary N) is 2. The summed E-state index contributed by atoms with van der Waals surface area (Å²) in [5.41, 5.74) is 0.152. The summed E-state index contributed by atoms with van der Waals surface area (Å²) in [6.45, 7) is 5.94. The number of alkyl carbamates (subject to hydrolysis) is 1. The zero-order chi connectivity index (χ0) is 23.6. The van der Waals surface area contributed by atoms with Crippen molar-refractivity contribution in [3.05, 3.63) is 35.9 Å². The predicted molar refractivity (Wildman–Crippen MR) is 123 cm³/mol. The maximum atomic E-state index is 13.1. The average molecular weight is 467 g/mol. The predicted octanol–water partition coefficient (Wildman–Crippen LogP) is 3.04. The van der Waals surface area contributed by atoms with Crippen molar-refractivity contribution in [3.63, 3.8) is 0 Å². The summed E-state index contributed by atoms with van der Waals surface area (Å²) in [7, 11) is 1.28. The van der Waals surface area contributed by atoms with E-state index in [1.165, 1.54) is 18.9 Å². The van der Waals surface area contributed by atoms with Gasteiger partial charge in [0.05, 0.1) is 7.11 Å². The minimum absolute atomic E-state index is 0.00666. The molecule has 1 saturated heterocycles. The molecule has 1 fully saturated rings. The normalized spacial score (nSPS) is 18.2. The molecule has 178 valence electrons. The van der Waals surface area contributed by atoms with E-state index < -0.39 is 35.7 Å². The number of hydrogen-bond acceptors (Lipinski definition) is 7. The molecule has 32 heavy (non-hydrogen) atoms. The molecule has 2 N–H and O–H groups in total. The lowest BCUT2D eigenvalue weighted by Gasteiger charge is -2.26. The van der Waals surface area contributed by atoms with Gasteiger partial charge >= 0.3 is 12.1 Å². The second-order valence-electron chi connectivity index (χ2n) is 8.60. The number of hydrogen-bond donors (Lipinski definition) is 2.